The zero-order valence-electron chi connectivity index (χ0n) is 17.5. The van der Waals surface area contributed by atoms with Crippen molar-refractivity contribution in [2.24, 2.45) is 0 Å². The molecule has 0 spiro atoms. The molecule has 0 aliphatic heterocycles. The fraction of sp³-hybridized carbons (Fsp3) is 0.250. The van der Waals surface area contributed by atoms with E-state index in [1.807, 2.05) is 0 Å². The minimum absolute atomic E-state index is 0.0328. The minimum Gasteiger partial charge on any atom is -0.486 e. The predicted octanol–water partition coefficient (Wildman–Crippen LogP) is 6.44. The van der Waals surface area contributed by atoms with Crippen molar-refractivity contribution in [1.29, 1.82) is 0 Å². The first kappa shape index (κ1) is 23.2. The van der Waals surface area contributed by atoms with Gasteiger partial charge in [-0.15, -0.1) is 19.8 Å². The molecule has 32 heavy (non-hydrogen) atoms. The highest BCUT2D eigenvalue weighted by atomic mass is 19.4. The van der Waals surface area contributed by atoms with Gasteiger partial charge in [-0.1, -0.05) is 31.6 Å². The van der Waals surface area contributed by atoms with Crippen molar-refractivity contribution >= 4 is 0 Å². The molecular weight excluding hydrogens is 424 g/mol. The minimum atomic E-state index is -4.76. The van der Waals surface area contributed by atoms with E-state index >= 15 is 0 Å². The number of halogens is 4. The van der Waals surface area contributed by atoms with E-state index in [1.165, 1.54) is 30.3 Å². The second-order valence-corrected chi connectivity index (χ2v) is 7.08. The lowest BCUT2D eigenvalue weighted by atomic mass is 10.1. The quantitative estimate of drug-likeness (QED) is 0.280. The first-order valence-electron chi connectivity index (χ1n) is 10.0. The lowest BCUT2D eigenvalue weighted by Crippen LogP contribution is -2.17. The van der Waals surface area contributed by atoms with Crippen LogP contribution in [0.4, 0.5) is 17.6 Å². The van der Waals surface area contributed by atoms with Crippen LogP contribution in [0.5, 0.6) is 11.5 Å². The summed E-state index contributed by atoms with van der Waals surface area (Å²) in [6, 6.07) is 8.25. The average Bonchev–Trinajstić information content (AvgIpc) is 2.74. The van der Waals surface area contributed by atoms with Crippen molar-refractivity contribution in [3.8, 4) is 22.9 Å². The van der Waals surface area contributed by atoms with Gasteiger partial charge in [0.1, 0.15) is 12.4 Å². The molecule has 0 radical (unpaired) electrons. The summed E-state index contributed by atoms with van der Waals surface area (Å²) < 4.78 is 61.2. The number of allylic oxidation sites excluding steroid dienone is 1. The van der Waals surface area contributed by atoms with Gasteiger partial charge in [-0.25, -0.2) is 14.4 Å². The van der Waals surface area contributed by atoms with Gasteiger partial charge >= 0.3 is 6.36 Å². The van der Waals surface area contributed by atoms with Crippen molar-refractivity contribution < 1.29 is 27.0 Å². The summed E-state index contributed by atoms with van der Waals surface area (Å²) in [5.41, 5.74) is 2.65. The third-order valence-electron chi connectivity index (χ3n) is 4.53. The van der Waals surface area contributed by atoms with Gasteiger partial charge in [0.25, 0.3) is 0 Å². The van der Waals surface area contributed by atoms with Crippen LogP contribution in [0.2, 0.25) is 0 Å². The Kier molecular flexibility index (Phi) is 7.45. The second-order valence-electron chi connectivity index (χ2n) is 7.08. The van der Waals surface area contributed by atoms with Gasteiger partial charge < -0.3 is 9.47 Å². The van der Waals surface area contributed by atoms with Gasteiger partial charge in [0.15, 0.2) is 17.4 Å². The van der Waals surface area contributed by atoms with Crippen molar-refractivity contribution in [3.63, 3.8) is 0 Å². The van der Waals surface area contributed by atoms with Gasteiger partial charge in [-0.05, 0) is 48.2 Å². The summed E-state index contributed by atoms with van der Waals surface area (Å²) in [5.74, 6) is -0.473. The second kappa shape index (κ2) is 10.3. The first-order valence-corrected chi connectivity index (χ1v) is 10.0. The van der Waals surface area contributed by atoms with Crippen molar-refractivity contribution in [1.82, 2.24) is 9.97 Å². The lowest BCUT2D eigenvalue weighted by Gasteiger charge is -2.14. The van der Waals surface area contributed by atoms with Gasteiger partial charge in [0.05, 0.1) is 0 Å². The van der Waals surface area contributed by atoms with E-state index < -0.39 is 12.2 Å². The molecule has 0 bridgehead atoms. The zero-order valence-corrected chi connectivity index (χ0v) is 17.5. The van der Waals surface area contributed by atoms with Crippen LogP contribution >= 0.6 is 0 Å². The van der Waals surface area contributed by atoms with Crippen LogP contribution in [0.15, 0.2) is 61.4 Å². The normalized spacial score (nSPS) is 11.3. The van der Waals surface area contributed by atoms with Crippen LogP contribution in [0, 0.1) is 5.82 Å². The number of aromatic nitrogens is 2. The largest absolute Gasteiger partial charge is 0.573 e. The Balaban J connectivity index is 1.78. The number of alkyl halides is 3. The molecule has 0 unspecified atom stereocenters. The third kappa shape index (κ3) is 6.29. The first-order chi connectivity index (χ1) is 15.3. The van der Waals surface area contributed by atoms with Crippen LogP contribution in [-0.4, -0.2) is 16.3 Å². The van der Waals surface area contributed by atoms with Crippen molar-refractivity contribution in [3.05, 3.63) is 84.0 Å². The Bertz CT molecular complexity index is 1050. The molecule has 0 saturated carbocycles. The smallest absolute Gasteiger partial charge is 0.486 e. The molecule has 0 N–H and O–H groups in total. The van der Waals surface area contributed by atoms with Crippen molar-refractivity contribution in [2.45, 2.75) is 39.2 Å². The van der Waals surface area contributed by atoms with E-state index in [2.05, 4.69) is 28.2 Å². The lowest BCUT2D eigenvalue weighted by molar-refractivity contribution is -0.274. The van der Waals surface area contributed by atoms with Crippen LogP contribution in [0.1, 0.15) is 30.0 Å². The van der Waals surface area contributed by atoms with Crippen LogP contribution in [0.3, 0.4) is 0 Å². The van der Waals surface area contributed by atoms with Crippen LogP contribution < -0.4 is 9.47 Å². The number of nitrogens with zero attached hydrogens (tertiary/aromatic N) is 2. The average molecular weight is 446 g/mol. The summed E-state index contributed by atoms with van der Waals surface area (Å²) in [6.45, 7) is 5.73. The molecule has 3 rings (SSSR count). The Labute approximate surface area is 183 Å². The fourth-order valence-corrected chi connectivity index (χ4v) is 3.11. The van der Waals surface area contributed by atoms with Gasteiger partial charge in [-0.2, -0.15) is 0 Å². The molecule has 8 heteroatoms. The molecule has 1 aromatic heterocycles. The summed E-state index contributed by atoms with van der Waals surface area (Å²) in [4.78, 5) is 8.66. The maximum absolute atomic E-state index is 14.9. The summed E-state index contributed by atoms with van der Waals surface area (Å²) >= 11 is 0. The molecule has 0 fully saturated rings. The maximum atomic E-state index is 14.9. The summed E-state index contributed by atoms with van der Waals surface area (Å²) in [7, 11) is 0. The summed E-state index contributed by atoms with van der Waals surface area (Å²) in [5, 5.41) is 0. The van der Waals surface area contributed by atoms with E-state index in [-0.39, 0.29) is 18.1 Å². The molecule has 2 aromatic carbocycles. The SMILES string of the molecule is C=CCc1cc(-c2ncc(CCC)cn2)cc(F)c1OCc1ccc(OC(F)(F)F)cc1. The molecule has 1 heterocycles. The topological polar surface area (TPSA) is 44.2 Å². The Hall–Kier alpha value is -3.42. The molecule has 168 valence electrons. The molecule has 0 aliphatic rings. The molecule has 4 nitrogen and oxygen atoms in total. The third-order valence-corrected chi connectivity index (χ3v) is 4.53. The fourth-order valence-electron chi connectivity index (χ4n) is 3.11. The number of benzene rings is 2. The molecule has 0 amide bonds. The highest BCUT2D eigenvalue weighted by Gasteiger charge is 2.30. The van der Waals surface area contributed by atoms with E-state index in [9.17, 15) is 17.6 Å². The van der Waals surface area contributed by atoms with Gasteiger partial charge in [0, 0.05) is 23.5 Å². The monoisotopic (exact) mass is 446 g/mol. The standard InChI is InChI=1S/C24H22F4N2O2/c1-3-5-17-13-29-23(30-14-17)19-11-18(6-4-2)22(21(25)12-19)31-15-16-7-9-20(10-8-16)32-24(26,27)28/h4,7-14H,2-3,5-6,15H2,1H3. The van der Waals surface area contributed by atoms with E-state index in [4.69, 9.17) is 4.74 Å². The Morgan fingerprint density at radius 2 is 1.72 bits per heavy atom. The molecule has 0 aliphatic carbocycles. The van der Waals surface area contributed by atoms with Crippen LogP contribution in [0.25, 0.3) is 11.4 Å². The molecule has 0 saturated heterocycles. The van der Waals surface area contributed by atoms with Crippen molar-refractivity contribution in [2.75, 3.05) is 0 Å². The predicted molar refractivity (Wildman–Crippen MR) is 113 cm³/mol. The van der Waals surface area contributed by atoms with Gasteiger partial charge in [0.2, 0.25) is 0 Å². The molecule has 0 atom stereocenters. The zero-order chi connectivity index (χ0) is 23.1. The Morgan fingerprint density at radius 1 is 1.03 bits per heavy atom. The van der Waals surface area contributed by atoms with E-state index in [0.29, 0.717) is 28.9 Å². The molecule has 3 aromatic rings. The highest BCUT2D eigenvalue weighted by molar-refractivity contribution is 5.59. The Morgan fingerprint density at radius 3 is 2.31 bits per heavy atom. The van der Waals surface area contributed by atoms with Crippen LogP contribution in [-0.2, 0) is 19.4 Å². The highest BCUT2D eigenvalue weighted by Crippen LogP contribution is 2.30. The number of aryl methyl sites for hydroxylation is 1. The van der Waals surface area contributed by atoms with E-state index in [1.54, 1.807) is 24.5 Å². The summed E-state index contributed by atoms with van der Waals surface area (Å²) in [6.07, 6.45) is 2.52. The number of ether oxygens (including phenoxy) is 2. The van der Waals surface area contributed by atoms with E-state index in [0.717, 1.165) is 18.4 Å². The molecular formula is C24H22F4N2O2. The van der Waals surface area contributed by atoms with Gasteiger partial charge in [-0.3, -0.25) is 0 Å². The number of hydrogen-bond acceptors (Lipinski definition) is 4. The maximum Gasteiger partial charge on any atom is 0.573 e. The number of hydrogen-bond donors (Lipinski definition) is 0. The number of rotatable bonds is 9.